The van der Waals surface area contributed by atoms with E-state index in [1.165, 1.54) is 0 Å². The molecule has 3 rings (SSSR count). The summed E-state index contributed by atoms with van der Waals surface area (Å²) in [4.78, 5) is 12.4. The predicted molar refractivity (Wildman–Crippen MR) is 89.2 cm³/mol. The van der Waals surface area contributed by atoms with Gasteiger partial charge in [-0.2, -0.15) is 5.10 Å². The molecule has 0 aliphatic carbocycles. The molecule has 0 unspecified atom stereocenters. The zero-order valence-electron chi connectivity index (χ0n) is 12.9. The van der Waals surface area contributed by atoms with Gasteiger partial charge in [-0.15, -0.1) is 0 Å². The molecule has 23 heavy (non-hydrogen) atoms. The summed E-state index contributed by atoms with van der Waals surface area (Å²) in [6.45, 7) is 4.18. The van der Waals surface area contributed by atoms with Crippen LogP contribution in [0.3, 0.4) is 0 Å². The number of amides is 1. The summed E-state index contributed by atoms with van der Waals surface area (Å²) in [6, 6.07) is 5.21. The number of nitrogens with zero attached hydrogens (tertiary/aromatic N) is 1. The zero-order chi connectivity index (χ0) is 16.2. The van der Waals surface area contributed by atoms with Crippen LogP contribution in [-0.2, 0) is 13.0 Å². The van der Waals surface area contributed by atoms with E-state index < -0.39 is 0 Å². The summed E-state index contributed by atoms with van der Waals surface area (Å²) in [6.07, 6.45) is 1.76. The van der Waals surface area contributed by atoms with Gasteiger partial charge in [0.25, 0.3) is 5.91 Å². The summed E-state index contributed by atoms with van der Waals surface area (Å²) in [5, 5.41) is 13.6. The fourth-order valence-corrected chi connectivity index (χ4v) is 2.75. The Kier molecular flexibility index (Phi) is 4.83. The summed E-state index contributed by atoms with van der Waals surface area (Å²) in [5.74, 6) is 0.373. The third-order valence-corrected chi connectivity index (χ3v) is 3.97. The van der Waals surface area contributed by atoms with Gasteiger partial charge >= 0.3 is 0 Å². The number of anilines is 1. The maximum atomic E-state index is 12.4. The van der Waals surface area contributed by atoms with Gasteiger partial charge in [0.1, 0.15) is 5.75 Å². The highest BCUT2D eigenvalue weighted by molar-refractivity contribution is 6.32. The Morgan fingerprint density at radius 1 is 1.48 bits per heavy atom. The van der Waals surface area contributed by atoms with Crippen molar-refractivity contribution in [3.8, 4) is 5.75 Å². The van der Waals surface area contributed by atoms with E-state index in [2.05, 4.69) is 20.8 Å². The summed E-state index contributed by atoms with van der Waals surface area (Å²) < 4.78 is 5.52. The van der Waals surface area contributed by atoms with Crippen molar-refractivity contribution in [1.82, 2.24) is 15.5 Å². The Hall–Kier alpha value is -2.05. The van der Waals surface area contributed by atoms with Gasteiger partial charge < -0.3 is 15.4 Å². The third kappa shape index (κ3) is 3.48. The van der Waals surface area contributed by atoms with Crippen LogP contribution in [0.2, 0.25) is 5.02 Å². The number of benzene rings is 1. The van der Waals surface area contributed by atoms with Crippen molar-refractivity contribution in [3.63, 3.8) is 0 Å². The molecule has 0 saturated heterocycles. The molecular weight excluding hydrogens is 316 g/mol. The number of aromatic nitrogens is 2. The Labute approximate surface area is 139 Å². The molecule has 6 nitrogen and oxygen atoms in total. The lowest BCUT2D eigenvalue weighted by Gasteiger charge is -2.13. The van der Waals surface area contributed by atoms with Crippen LogP contribution in [-0.4, -0.2) is 29.3 Å². The van der Waals surface area contributed by atoms with Crippen LogP contribution in [0.15, 0.2) is 18.2 Å². The maximum absolute atomic E-state index is 12.4. The van der Waals surface area contributed by atoms with Crippen molar-refractivity contribution in [2.45, 2.75) is 26.3 Å². The summed E-state index contributed by atoms with van der Waals surface area (Å²) >= 11 is 6.18. The molecule has 1 aliphatic heterocycles. The molecule has 1 aromatic carbocycles. The van der Waals surface area contributed by atoms with Crippen molar-refractivity contribution in [2.24, 2.45) is 0 Å². The van der Waals surface area contributed by atoms with Crippen molar-refractivity contribution < 1.29 is 9.53 Å². The average molecular weight is 335 g/mol. The number of rotatable bonds is 5. The fraction of sp³-hybridized carbons (Fsp3) is 0.375. The Morgan fingerprint density at radius 2 is 2.35 bits per heavy atom. The predicted octanol–water partition coefficient (Wildman–Crippen LogP) is 2.75. The smallest absolute Gasteiger partial charge is 0.276 e. The van der Waals surface area contributed by atoms with Crippen LogP contribution < -0.4 is 15.4 Å². The van der Waals surface area contributed by atoms with Gasteiger partial charge in [0.2, 0.25) is 0 Å². The number of aromatic amines is 1. The maximum Gasteiger partial charge on any atom is 0.276 e. The molecule has 1 aliphatic rings. The van der Waals surface area contributed by atoms with Crippen LogP contribution in [0.4, 0.5) is 5.69 Å². The van der Waals surface area contributed by atoms with Gasteiger partial charge in [-0.05, 0) is 24.6 Å². The number of hydrogen-bond acceptors (Lipinski definition) is 4. The second-order valence-corrected chi connectivity index (χ2v) is 5.81. The number of halogens is 1. The van der Waals surface area contributed by atoms with E-state index in [9.17, 15) is 4.79 Å². The van der Waals surface area contributed by atoms with Crippen LogP contribution >= 0.6 is 11.6 Å². The minimum atomic E-state index is -0.246. The third-order valence-electron chi connectivity index (χ3n) is 3.67. The van der Waals surface area contributed by atoms with E-state index in [1.807, 2.05) is 6.92 Å². The molecule has 0 radical (unpaired) electrons. The molecule has 0 atom stereocenters. The first-order chi connectivity index (χ1) is 11.2. The first-order valence-electron chi connectivity index (χ1n) is 7.69. The lowest BCUT2D eigenvalue weighted by atomic mass is 10.1. The van der Waals surface area contributed by atoms with Crippen molar-refractivity contribution in [1.29, 1.82) is 0 Å². The van der Waals surface area contributed by atoms with E-state index in [0.29, 0.717) is 35.3 Å². The normalized spacial score (nSPS) is 13.5. The molecule has 0 saturated carbocycles. The molecule has 1 aromatic heterocycles. The first-order valence-corrected chi connectivity index (χ1v) is 8.07. The van der Waals surface area contributed by atoms with Gasteiger partial charge in [0.05, 0.1) is 11.6 Å². The number of ether oxygens (including phenoxy) is 1. The van der Waals surface area contributed by atoms with Crippen molar-refractivity contribution in [2.75, 3.05) is 18.5 Å². The largest absolute Gasteiger partial charge is 0.492 e. The molecule has 2 heterocycles. The van der Waals surface area contributed by atoms with E-state index in [4.69, 9.17) is 16.3 Å². The van der Waals surface area contributed by atoms with Crippen LogP contribution in [0, 0.1) is 0 Å². The van der Waals surface area contributed by atoms with Gasteiger partial charge in [-0.3, -0.25) is 9.89 Å². The number of nitrogens with one attached hydrogen (secondary N) is 3. The molecule has 2 aromatic rings. The highest BCUT2D eigenvalue weighted by atomic mass is 35.5. The molecule has 0 bridgehead atoms. The van der Waals surface area contributed by atoms with E-state index in [0.717, 1.165) is 30.6 Å². The fourth-order valence-electron chi connectivity index (χ4n) is 2.51. The molecular formula is C16H19ClN4O2. The Bertz CT molecular complexity index is 714. The standard InChI is InChI=1S/C16H19ClN4O2/c1-2-7-23-14-4-3-10(8-12(14)17)19-16(22)15-11-9-18-6-5-13(11)20-21-15/h3-4,8,18H,2,5-7,9H2,1H3,(H,19,22)(H,20,21). The number of carbonyl (C=O) groups excluding carboxylic acids is 1. The molecule has 0 spiro atoms. The lowest BCUT2D eigenvalue weighted by Crippen LogP contribution is -2.25. The second-order valence-electron chi connectivity index (χ2n) is 5.40. The molecule has 3 N–H and O–H groups in total. The first kappa shape index (κ1) is 15.8. The van der Waals surface area contributed by atoms with Crippen molar-refractivity contribution in [3.05, 3.63) is 40.2 Å². The highest BCUT2D eigenvalue weighted by Gasteiger charge is 2.21. The Morgan fingerprint density at radius 3 is 3.13 bits per heavy atom. The van der Waals surface area contributed by atoms with Crippen LogP contribution in [0.1, 0.15) is 35.1 Å². The minimum Gasteiger partial charge on any atom is -0.492 e. The van der Waals surface area contributed by atoms with Gasteiger partial charge in [-0.25, -0.2) is 0 Å². The molecule has 122 valence electrons. The minimum absolute atomic E-state index is 0.246. The van der Waals surface area contributed by atoms with E-state index in [1.54, 1.807) is 18.2 Å². The summed E-state index contributed by atoms with van der Waals surface area (Å²) in [7, 11) is 0. The van der Waals surface area contributed by atoms with Gasteiger partial charge in [0.15, 0.2) is 5.69 Å². The topological polar surface area (TPSA) is 79.0 Å². The van der Waals surface area contributed by atoms with Crippen molar-refractivity contribution >= 4 is 23.2 Å². The second kappa shape index (κ2) is 7.02. The van der Waals surface area contributed by atoms with Gasteiger partial charge in [-0.1, -0.05) is 18.5 Å². The van der Waals surface area contributed by atoms with E-state index in [-0.39, 0.29) is 5.91 Å². The van der Waals surface area contributed by atoms with E-state index >= 15 is 0 Å². The Balaban J connectivity index is 1.73. The van der Waals surface area contributed by atoms with Gasteiger partial charge in [0, 0.05) is 36.5 Å². The quantitative estimate of drug-likeness (QED) is 0.785. The number of H-pyrrole nitrogens is 1. The number of carbonyl (C=O) groups is 1. The molecule has 0 fully saturated rings. The number of fused-ring (bicyclic) bond motifs is 1. The highest BCUT2D eigenvalue weighted by Crippen LogP contribution is 2.28. The SMILES string of the molecule is CCCOc1ccc(NC(=O)c2n[nH]c3c2CNCC3)cc1Cl. The van der Waals surface area contributed by atoms with Crippen LogP contribution in [0.25, 0.3) is 0 Å². The molecule has 1 amide bonds. The summed E-state index contributed by atoms with van der Waals surface area (Å²) in [5.41, 5.74) is 3.00. The monoisotopic (exact) mass is 334 g/mol. The van der Waals surface area contributed by atoms with Crippen LogP contribution in [0.5, 0.6) is 5.75 Å². The zero-order valence-corrected chi connectivity index (χ0v) is 13.7. The molecule has 7 heteroatoms. The average Bonchev–Trinajstić information content (AvgIpc) is 2.98. The lowest BCUT2D eigenvalue weighted by molar-refractivity contribution is 0.102. The number of hydrogen-bond donors (Lipinski definition) is 3.